The van der Waals surface area contributed by atoms with Crippen molar-refractivity contribution in [1.82, 2.24) is 4.98 Å². The predicted octanol–water partition coefficient (Wildman–Crippen LogP) is 4.71. The molecule has 0 N–H and O–H groups in total. The van der Waals surface area contributed by atoms with Crippen LogP contribution in [0.5, 0.6) is 0 Å². The average molecular weight is 393 g/mol. The summed E-state index contributed by atoms with van der Waals surface area (Å²) >= 11 is 0. The Morgan fingerprint density at radius 3 is 1.53 bits per heavy atom. The summed E-state index contributed by atoms with van der Waals surface area (Å²) in [6.07, 6.45) is 3.30. The lowest BCUT2D eigenvalue weighted by atomic mass is 9.34. The molecule has 0 aliphatic heterocycles. The van der Waals surface area contributed by atoms with E-state index in [0.717, 1.165) is 5.56 Å². The van der Waals surface area contributed by atoms with E-state index in [1.165, 1.54) is 49.8 Å². The molecule has 150 valence electrons. The van der Waals surface area contributed by atoms with Crippen LogP contribution in [0, 0.1) is 41.5 Å². The minimum atomic E-state index is 0.185. The highest BCUT2D eigenvalue weighted by molar-refractivity contribution is 6.96. The number of benzene rings is 3. The molecule has 0 saturated heterocycles. The number of oxazole rings is 1. The molecular weight excluding hydrogens is 365 g/mol. The number of hydrogen-bond donors (Lipinski definition) is 0. The molecule has 2 nitrogen and oxygen atoms in total. The van der Waals surface area contributed by atoms with Gasteiger partial charge in [-0.3, -0.25) is 0 Å². The SMILES string of the molecule is Cc1cc(C)c(B(c2ccc(-c3ncco3)cc2)c2c(C)cc(C)cc2C)c(C)c1. The van der Waals surface area contributed by atoms with Crippen LogP contribution in [-0.2, 0) is 0 Å². The molecule has 1 heterocycles. The van der Waals surface area contributed by atoms with Crippen molar-refractivity contribution >= 4 is 23.1 Å². The molecule has 0 atom stereocenters. The largest absolute Gasteiger partial charge is 0.445 e. The van der Waals surface area contributed by atoms with Crippen molar-refractivity contribution in [1.29, 1.82) is 0 Å². The second-order valence-corrected chi connectivity index (χ2v) is 8.52. The lowest BCUT2D eigenvalue weighted by Crippen LogP contribution is -2.55. The van der Waals surface area contributed by atoms with Gasteiger partial charge < -0.3 is 4.42 Å². The van der Waals surface area contributed by atoms with Gasteiger partial charge in [0.1, 0.15) is 6.26 Å². The average Bonchev–Trinajstić information content (AvgIpc) is 3.20. The Labute approximate surface area is 180 Å². The Kier molecular flexibility index (Phi) is 5.38. The third-order valence-corrected chi connectivity index (χ3v) is 5.98. The van der Waals surface area contributed by atoms with E-state index >= 15 is 0 Å². The van der Waals surface area contributed by atoms with Crippen molar-refractivity contribution < 1.29 is 4.42 Å². The molecular formula is C27H28BNO. The van der Waals surface area contributed by atoms with Gasteiger partial charge in [-0.1, -0.05) is 98.3 Å². The van der Waals surface area contributed by atoms with Gasteiger partial charge in [0, 0.05) is 5.56 Å². The lowest BCUT2D eigenvalue weighted by molar-refractivity contribution is 0.574. The molecule has 0 radical (unpaired) electrons. The Bertz CT molecular complexity index is 1090. The molecule has 0 bridgehead atoms. The fraction of sp³-hybridized carbons (Fsp3) is 0.222. The topological polar surface area (TPSA) is 26.0 Å². The molecule has 3 heteroatoms. The molecule has 0 saturated carbocycles. The summed E-state index contributed by atoms with van der Waals surface area (Å²) in [7, 11) is 0. The van der Waals surface area contributed by atoms with Crippen LogP contribution in [0.2, 0.25) is 0 Å². The van der Waals surface area contributed by atoms with Crippen molar-refractivity contribution in [3.63, 3.8) is 0 Å². The minimum Gasteiger partial charge on any atom is -0.445 e. The van der Waals surface area contributed by atoms with Gasteiger partial charge in [0.2, 0.25) is 12.6 Å². The quantitative estimate of drug-likeness (QED) is 0.470. The summed E-state index contributed by atoms with van der Waals surface area (Å²) in [4.78, 5) is 4.29. The molecule has 1 aromatic heterocycles. The van der Waals surface area contributed by atoms with E-state index in [1.54, 1.807) is 12.5 Å². The summed E-state index contributed by atoms with van der Waals surface area (Å²) in [6.45, 7) is 13.5. The molecule has 4 aromatic rings. The van der Waals surface area contributed by atoms with Crippen LogP contribution in [0.25, 0.3) is 11.5 Å². The van der Waals surface area contributed by atoms with Crippen LogP contribution < -0.4 is 16.4 Å². The Morgan fingerprint density at radius 1 is 0.667 bits per heavy atom. The van der Waals surface area contributed by atoms with Gasteiger partial charge in [-0.25, -0.2) is 4.98 Å². The summed E-state index contributed by atoms with van der Waals surface area (Å²) in [5.74, 6) is 0.656. The molecule has 0 fully saturated rings. The molecule has 0 amide bonds. The van der Waals surface area contributed by atoms with Crippen LogP contribution in [0.1, 0.15) is 33.4 Å². The Morgan fingerprint density at radius 2 is 1.13 bits per heavy atom. The van der Waals surface area contributed by atoms with E-state index in [1.807, 2.05) is 0 Å². The fourth-order valence-corrected chi connectivity index (χ4v) is 4.95. The molecule has 0 aliphatic carbocycles. The summed E-state index contributed by atoms with van der Waals surface area (Å²) < 4.78 is 5.48. The minimum absolute atomic E-state index is 0.185. The maximum absolute atomic E-state index is 5.48. The van der Waals surface area contributed by atoms with Gasteiger partial charge in [-0.2, -0.15) is 0 Å². The van der Waals surface area contributed by atoms with Gasteiger partial charge in [-0.05, 0) is 41.5 Å². The first kappa shape index (κ1) is 20.2. The molecule has 30 heavy (non-hydrogen) atoms. The highest BCUT2D eigenvalue weighted by atomic mass is 16.3. The molecule has 4 rings (SSSR count). The normalized spacial score (nSPS) is 11.0. The van der Waals surface area contributed by atoms with Gasteiger partial charge in [-0.15, -0.1) is 0 Å². The van der Waals surface area contributed by atoms with Crippen LogP contribution in [0.15, 0.2) is 65.4 Å². The molecule has 0 spiro atoms. The fourth-order valence-electron chi connectivity index (χ4n) is 4.95. The second kappa shape index (κ2) is 7.99. The van der Waals surface area contributed by atoms with Crippen molar-refractivity contribution in [2.45, 2.75) is 41.5 Å². The van der Waals surface area contributed by atoms with E-state index in [0.29, 0.717) is 5.89 Å². The molecule has 0 aliphatic rings. The summed E-state index contributed by atoms with van der Waals surface area (Å²) in [5.41, 5.74) is 13.1. The van der Waals surface area contributed by atoms with E-state index in [4.69, 9.17) is 4.42 Å². The van der Waals surface area contributed by atoms with Gasteiger partial charge in [0.05, 0.1) is 6.20 Å². The van der Waals surface area contributed by atoms with Crippen molar-refractivity contribution in [3.8, 4) is 11.5 Å². The number of nitrogens with zero attached hydrogens (tertiary/aromatic N) is 1. The number of rotatable bonds is 4. The highest BCUT2D eigenvalue weighted by Crippen LogP contribution is 2.17. The zero-order valence-corrected chi connectivity index (χ0v) is 18.7. The number of aryl methyl sites for hydroxylation is 6. The van der Waals surface area contributed by atoms with E-state index < -0.39 is 0 Å². The van der Waals surface area contributed by atoms with E-state index in [-0.39, 0.29) is 6.71 Å². The molecule has 3 aromatic carbocycles. The highest BCUT2D eigenvalue weighted by Gasteiger charge is 2.28. The smallest absolute Gasteiger partial charge is 0.242 e. The van der Waals surface area contributed by atoms with Gasteiger partial charge in [0.25, 0.3) is 0 Å². The summed E-state index contributed by atoms with van der Waals surface area (Å²) in [5, 5.41) is 0. The zero-order valence-electron chi connectivity index (χ0n) is 18.7. The van der Waals surface area contributed by atoms with Gasteiger partial charge in [0.15, 0.2) is 0 Å². The third-order valence-electron chi connectivity index (χ3n) is 5.98. The van der Waals surface area contributed by atoms with Crippen LogP contribution >= 0.6 is 0 Å². The third kappa shape index (κ3) is 3.72. The summed E-state index contributed by atoms with van der Waals surface area (Å²) in [6, 6.07) is 17.9. The monoisotopic (exact) mass is 393 g/mol. The maximum Gasteiger partial charge on any atom is 0.242 e. The van der Waals surface area contributed by atoms with Crippen molar-refractivity contribution in [3.05, 3.63) is 94.4 Å². The first-order valence-corrected chi connectivity index (χ1v) is 10.5. The zero-order chi connectivity index (χ0) is 21.4. The predicted molar refractivity (Wildman–Crippen MR) is 128 cm³/mol. The first-order valence-electron chi connectivity index (χ1n) is 10.5. The van der Waals surface area contributed by atoms with Gasteiger partial charge >= 0.3 is 0 Å². The van der Waals surface area contributed by atoms with Crippen LogP contribution in [0.3, 0.4) is 0 Å². The molecule has 0 unspecified atom stereocenters. The van der Waals surface area contributed by atoms with Crippen LogP contribution in [-0.4, -0.2) is 11.7 Å². The van der Waals surface area contributed by atoms with Crippen molar-refractivity contribution in [2.24, 2.45) is 0 Å². The van der Waals surface area contributed by atoms with Crippen LogP contribution in [0.4, 0.5) is 0 Å². The maximum atomic E-state index is 5.48. The van der Waals surface area contributed by atoms with E-state index in [9.17, 15) is 0 Å². The van der Waals surface area contributed by atoms with Crippen molar-refractivity contribution in [2.75, 3.05) is 0 Å². The standard InChI is InChI=1S/C27H28BNO/c1-17-13-19(3)25(20(4)14-17)28(26-21(5)15-18(2)16-22(26)6)24-9-7-23(8-10-24)27-29-11-12-30-27/h7-16H,1-6H3. The van der Waals surface area contributed by atoms with E-state index in [2.05, 4.69) is 95.1 Å². The number of aromatic nitrogens is 1. The second-order valence-electron chi connectivity index (χ2n) is 8.52. The Hall–Kier alpha value is -3.07. The number of hydrogen-bond acceptors (Lipinski definition) is 2. The Balaban J connectivity index is 1.94. The first-order chi connectivity index (χ1) is 14.3. The lowest BCUT2D eigenvalue weighted by Gasteiger charge is -2.24.